The lowest BCUT2D eigenvalue weighted by Gasteiger charge is -2.35. The zero-order valence-electron chi connectivity index (χ0n) is 21.1. The number of sulfonamides is 1. The molecule has 8 nitrogen and oxygen atoms in total. The number of carbonyl (C=O) groups is 1. The number of hydrogen-bond donors (Lipinski definition) is 2. The Kier molecular flexibility index (Phi) is 8.68. The third-order valence-electron chi connectivity index (χ3n) is 6.54. The molecule has 0 spiro atoms. The van der Waals surface area contributed by atoms with Crippen LogP contribution in [0.15, 0.2) is 77.7 Å². The summed E-state index contributed by atoms with van der Waals surface area (Å²) in [6, 6.07) is 20.6. The molecule has 1 atom stereocenters. The normalized spacial score (nSPS) is 15.0. The molecule has 1 amide bonds. The number of ether oxygens (including phenoxy) is 2. The first kappa shape index (κ1) is 26.5. The number of benzene rings is 3. The minimum atomic E-state index is -3.88. The van der Waals surface area contributed by atoms with Gasteiger partial charge in [-0.15, -0.1) is 0 Å². The van der Waals surface area contributed by atoms with Gasteiger partial charge in [-0.1, -0.05) is 24.6 Å². The van der Waals surface area contributed by atoms with Crippen LogP contribution < -0.4 is 19.5 Å². The topological polar surface area (TPSA) is 97.0 Å². The molecule has 1 saturated heterocycles. The Morgan fingerprint density at radius 3 is 2.14 bits per heavy atom. The van der Waals surface area contributed by atoms with Crippen molar-refractivity contribution >= 4 is 21.6 Å². The molecule has 0 bridgehead atoms. The van der Waals surface area contributed by atoms with Crippen molar-refractivity contribution < 1.29 is 22.7 Å². The molecular formula is C28H33N3O5S. The van der Waals surface area contributed by atoms with Gasteiger partial charge in [-0.3, -0.25) is 14.4 Å². The predicted molar refractivity (Wildman–Crippen MR) is 144 cm³/mol. The third-order valence-corrected chi connectivity index (χ3v) is 7.92. The maximum absolute atomic E-state index is 13.1. The van der Waals surface area contributed by atoms with E-state index in [1.54, 1.807) is 50.6 Å². The van der Waals surface area contributed by atoms with Crippen LogP contribution in [0.3, 0.4) is 0 Å². The van der Waals surface area contributed by atoms with Crippen molar-refractivity contribution in [3.05, 3.63) is 83.9 Å². The van der Waals surface area contributed by atoms with Crippen LogP contribution in [0.4, 0.5) is 5.69 Å². The highest BCUT2D eigenvalue weighted by Gasteiger charge is 2.24. The van der Waals surface area contributed by atoms with Crippen molar-refractivity contribution in [3.63, 3.8) is 0 Å². The van der Waals surface area contributed by atoms with Gasteiger partial charge >= 0.3 is 0 Å². The number of likely N-dealkylation sites (tertiary alicyclic amines) is 1. The fourth-order valence-corrected chi connectivity index (χ4v) is 5.59. The minimum absolute atomic E-state index is 0.0127. The van der Waals surface area contributed by atoms with Gasteiger partial charge in [0.25, 0.3) is 15.9 Å². The van der Waals surface area contributed by atoms with Crippen molar-refractivity contribution in [1.82, 2.24) is 10.2 Å². The molecule has 1 aliphatic heterocycles. The van der Waals surface area contributed by atoms with Crippen LogP contribution in [0.5, 0.6) is 11.5 Å². The molecule has 1 heterocycles. The molecule has 1 fully saturated rings. The first-order valence-electron chi connectivity index (χ1n) is 12.3. The molecule has 37 heavy (non-hydrogen) atoms. The lowest BCUT2D eigenvalue weighted by Crippen LogP contribution is -2.40. The van der Waals surface area contributed by atoms with Crippen LogP contribution in [0.1, 0.15) is 41.2 Å². The number of amides is 1. The van der Waals surface area contributed by atoms with E-state index in [0.717, 1.165) is 37.2 Å². The highest BCUT2D eigenvalue weighted by atomic mass is 32.2. The molecule has 9 heteroatoms. The van der Waals surface area contributed by atoms with Gasteiger partial charge in [-0.2, -0.15) is 0 Å². The monoisotopic (exact) mass is 523 g/mol. The molecular weight excluding hydrogens is 490 g/mol. The van der Waals surface area contributed by atoms with Gasteiger partial charge in [-0.25, -0.2) is 8.42 Å². The Hall–Kier alpha value is -3.56. The zero-order valence-corrected chi connectivity index (χ0v) is 22.0. The number of carbonyl (C=O) groups excluding carboxylic acids is 1. The molecule has 0 aromatic heterocycles. The number of rotatable bonds is 10. The van der Waals surface area contributed by atoms with Gasteiger partial charge in [0.15, 0.2) is 0 Å². The van der Waals surface area contributed by atoms with E-state index in [1.807, 2.05) is 24.3 Å². The molecule has 0 aliphatic carbocycles. The van der Waals surface area contributed by atoms with Gasteiger partial charge in [-0.05, 0) is 86.1 Å². The van der Waals surface area contributed by atoms with E-state index in [0.29, 0.717) is 18.0 Å². The molecule has 196 valence electrons. The Morgan fingerprint density at radius 1 is 0.892 bits per heavy atom. The van der Waals surface area contributed by atoms with E-state index in [2.05, 4.69) is 14.9 Å². The van der Waals surface area contributed by atoms with Crippen LogP contribution in [0, 0.1) is 0 Å². The van der Waals surface area contributed by atoms with Crippen LogP contribution in [0.25, 0.3) is 0 Å². The van der Waals surface area contributed by atoms with Crippen molar-refractivity contribution in [1.29, 1.82) is 0 Å². The van der Waals surface area contributed by atoms with Crippen LogP contribution in [-0.4, -0.2) is 53.1 Å². The molecule has 3 aromatic rings. The number of nitrogens with zero attached hydrogens (tertiary/aromatic N) is 1. The summed E-state index contributed by atoms with van der Waals surface area (Å²) in [4.78, 5) is 15.5. The highest BCUT2D eigenvalue weighted by molar-refractivity contribution is 7.92. The van der Waals surface area contributed by atoms with E-state index in [9.17, 15) is 13.2 Å². The fourth-order valence-electron chi connectivity index (χ4n) is 4.48. The summed E-state index contributed by atoms with van der Waals surface area (Å²) < 4.78 is 38.9. The number of piperidine rings is 1. The first-order valence-corrected chi connectivity index (χ1v) is 13.8. The summed E-state index contributed by atoms with van der Waals surface area (Å²) in [6.07, 6.45) is 3.47. The summed E-state index contributed by atoms with van der Waals surface area (Å²) >= 11 is 0. The maximum atomic E-state index is 13.1. The molecule has 2 N–H and O–H groups in total. The summed E-state index contributed by atoms with van der Waals surface area (Å²) in [5.41, 5.74) is 1.78. The van der Waals surface area contributed by atoms with Crippen LogP contribution in [0.2, 0.25) is 0 Å². The second-order valence-corrected chi connectivity index (χ2v) is 10.6. The Balaban J connectivity index is 1.47. The highest BCUT2D eigenvalue weighted by Crippen LogP contribution is 2.26. The van der Waals surface area contributed by atoms with Gasteiger partial charge in [0, 0.05) is 17.8 Å². The van der Waals surface area contributed by atoms with Crippen molar-refractivity contribution in [2.24, 2.45) is 0 Å². The van der Waals surface area contributed by atoms with Crippen LogP contribution in [-0.2, 0) is 10.0 Å². The summed E-state index contributed by atoms with van der Waals surface area (Å²) in [6.45, 7) is 2.35. The Morgan fingerprint density at radius 2 is 1.51 bits per heavy atom. The molecule has 0 radical (unpaired) electrons. The van der Waals surface area contributed by atoms with E-state index < -0.39 is 10.0 Å². The van der Waals surface area contributed by atoms with Gasteiger partial charge < -0.3 is 14.8 Å². The van der Waals surface area contributed by atoms with E-state index >= 15 is 0 Å². The lowest BCUT2D eigenvalue weighted by molar-refractivity contribution is 0.0924. The first-order chi connectivity index (χ1) is 17.9. The Labute approximate surface area is 218 Å². The van der Waals surface area contributed by atoms with Crippen molar-refractivity contribution in [3.8, 4) is 11.5 Å². The second-order valence-electron chi connectivity index (χ2n) is 8.96. The number of anilines is 1. The van der Waals surface area contributed by atoms with Crippen molar-refractivity contribution in [2.75, 3.05) is 38.6 Å². The van der Waals surface area contributed by atoms with Gasteiger partial charge in [0.2, 0.25) is 0 Å². The molecule has 4 rings (SSSR count). The largest absolute Gasteiger partial charge is 0.497 e. The summed E-state index contributed by atoms with van der Waals surface area (Å²) in [5, 5.41) is 3.02. The number of methoxy groups -OCH3 is 2. The van der Waals surface area contributed by atoms with Gasteiger partial charge in [0.1, 0.15) is 11.5 Å². The molecule has 0 saturated carbocycles. The summed E-state index contributed by atoms with van der Waals surface area (Å²) in [7, 11) is -0.698. The Bertz CT molecular complexity index is 1290. The van der Waals surface area contributed by atoms with E-state index in [1.165, 1.54) is 18.6 Å². The maximum Gasteiger partial charge on any atom is 0.261 e. The average Bonchev–Trinajstić information content (AvgIpc) is 2.94. The minimum Gasteiger partial charge on any atom is -0.497 e. The lowest BCUT2D eigenvalue weighted by atomic mass is 10.0. The smallest absolute Gasteiger partial charge is 0.261 e. The third kappa shape index (κ3) is 6.81. The second kappa shape index (κ2) is 12.1. The summed E-state index contributed by atoms with van der Waals surface area (Å²) in [5.74, 6) is 1.09. The van der Waals surface area contributed by atoms with Crippen molar-refractivity contribution in [2.45, 2.75) is 30.2 Å². The van der Waals surface area contributed by atoms with Crippen LogP contribution >= 0.6 is 0 Å². The predicted octanol–water partition coefficient (Wildman–Crippen LogP) is 4.46. The molecule has 1 aliphatic rings. The van der Waals surface area contributed by atoms with E-state index in [4.69, 9.17) is 9.47 Å². The average molecular weight is 524 g/mol. The van der Waals surface area contributed by atoms with Gasteiger partial charge in [0.05, 0.1) is 25.2 Å². The molecule has 3 aromatic carbocycles. The molecule has 0 unspecified atom stereocenters. The fraction of sp³-hybridized carbons (Fsp3) is 0.321. The number of hydrogen-bond acceptors (Lipinski definition) is 6. The zero-order chi connectivity index (χ0) is 26.3. The SMILES string of the molecule is COc1ccc(NS(=O)(=O)c2cccc(C(=O)NC[C@@H](c3ccc(OC)cc3)N3CCCCC3)c2)cc1. The standard InChI is InChI=1S/C28H33N3O5S/c1-35-24-13-9-21(10-14-24)27(31-17-4-3-5-18-31)20-29-28(32)22-7-6-8-26(19-22)37(33,34)30-23-11-15-25(36-2)16-12-23/h6-16,19,27,30H,3-5,17-18,20H2,1-2H3,(H,29,32)/t27-/m0/s1. The number of nitrogens with one attached hydrogen (secondary N) is 2. The quantitative estimate of drug-likeness (QED) is 0.407. The van der Waals surface area contributed by atoms with E-state index in [-0.39, 0.29) is 22.4 Å².